The van der Waals surface area contributed by atoms with Crippen molar-refractivity contribution in [3.05, 3.63) is 35.4 Å². The molecule has 4 unspecified atom stereocenters. The second kappa shape index (κ2) is 7.61. The zero-order valence-electron chi connectivity index (χ0n) is 16.5. The number of nitrogens with one attached hydrogen (secondary N) is 1. The summed E-state index contributed by atoms with van der Waals surface area (Å²) in [6, 6.07) is 10.7. The standard InChI is InChI=1S/C22H30N2O3/c1-21(2,3)27-20(26)19(25)8-10-24-18-7-9-22(13-17(22)12-18)16-6-4-5-15(11-16)14-23/h4-6,11,17-19,24-25H,7-10,12-13H2,1-3H3. The molecule has 0 spiro atoms. The Morgan fingerprint density at radius 3 is 2.93 bits per heavy atom. The Labute approximate surface area is 161 Å². The third-order valence-electron chi connectivity index (χ3n) is 5.84. The van der Waals surface area contributed by atoms with Gasteiger partial charge in [0, 0.05) is 6.04 Å². The minimum Gasteiger partial charge on any atom is -0.458 e. The number of rotatable bonds is 6. The van der Waals surface area contributed by atoms with E-state index in [1.807, 2.05) is 18.2 Å². The number of esters is 1. The quantitative estimate of drug-likeness (QED) is 0.752. The summed E-state index contributed by atoms with van der Waals surface area (Å²) in [4.78, 5) is 11.8. The zero-order chi connectivity index (χ0) is 19.7. The van der Waals surface area contributed by atoms with Crippen molar-refractivity contribution in [3.8, 4) is 6.07 Å². The van der Waals surface area contributed by atoms with Crippen LogP contribution in [-0.2, 0) is 14.9 Å². The van der Waals surface area contributed by atoms with Crippen molar-refractivity contribution in [1.82, 2.24) is 5.32 Å². The largest absolute Gasteiger partial charge is 0.458 e. The summed E-state index contributed by atoms with van der Waals surface area (Å²) in [7, 11) is 0. The first-order valence-corrected chi connectivity index (χ1v) is 9.88. The molecule has 4 atom stereocenters. The van der Waals surface area contributed by atoms with Crippen molar-refractivity contribution < 1.29 is 14.6 Å². The van der Waals surface area contributed by atoms with Gasteiger partial charge in [-0.05, 0) is 88.4 Å². The predicted octanol–water partition coefficient (Wildman–Crippen LogP) is 3.05. The Hall–Kier alpha value is -1.90. The van der Waals surface area contributed by atoms with E-state index in [1.54, 1.807) is 20.8 Å². The van der Waals surface area contributed by atoms with Gasteiger partial charge in [0.2, 0.25) is 0 Å². The van der Waals surface area contributed by atoms with Gasteiger partial charge in [0.15, 0.2) is 6.10 Å². The lowest BCUT2D eigenvalue weighted by molar-refractivity contribution is -0.165. The van der Waals surface area contributed by atoms with Crippen molar-refractivity contribution in [3.63, 3.8) is 0 Å². The highest BCUT2D eigenvalue weighted by Gasteiger charge is 2.57. The van der Waals surface area contributed by atoms with E-state index in [4.69, 9.17) is 10.00 Å². The van der Waals surface area contributed by atoms with Crippen LogP contribution in [0.5, 0.6) is 0 Å². The monoisotopic (exact) mass is 370 g/mol. The molecule has 0 bridgehead atoms. The molecule has 146 valence electrons. The molecule has 0 radical (unpaired) electrons. The van der Waals surface area contributed by atoms with Crippen LogP contribution >= 0.6 is 0 Å². The molecule has 5 nitrogen and oxygen atoms in total. The van der Waals surface area contributed by atoms with Gasteiger partial charge >= 0.3 is 5.97 Å². The molecule has 0 heterocycles. The Balaban J connectivity index is 1.44. The first kappa shape index (κ1) is 19.9. The fourth-order valence-corrected chi connectivity index (χ4v) is 4.38. The van der Waals surface area contributed by atoms with Gasteiger partial charge in [-0.3, -0.25) is 0 Å². The van der Waals surface area contributed by atoms with E-state index >= 15 is 0 Å². The number of benzene rings is 1. The van der Waals surface area contributed by atoms with Crippen LogP contribution in [0.25, 0.3) is 0 Å². The summed E-state index contributed by atoms with van der Waals surface area (Å²) < 4.78 is 5.21. The van der Waals surface area contributed by atoms with Gasteiger partial charge in [-0.25, -0.2) is 4.79 Å². The molecule has 5 heteroatoms. The van der Waals surface area contributed by atoms with E-state index in [1.165, 1.54) is 12.0 Å². The Kier molecular flexibility index (Phi) is 5.60. The average Bonchev–Trinajstić information content (AvgIpc) is 3.35. The summed E-state index contributed by atoms with van der Waals surface area (Å²) in [6.07, 6.45) is 3.80. The maximum Gasteiger partial charge on any atom is 0.335 e. The molecule has 1 aromatic carbocycles. The molecule has 0 aromatic heterocycles. The van der Waals surface area contributed by atoms with Crippen LogP contribution in [0, 0.1) is 17.2 Å². The number of hydrogen-bond donors (Lipinski definition) is 2. The number of carbonyl (C=O) groups is 1. The molecule has 2 saturated carbocycles. The minimum atomic E-state index is -1.07. The molecule has 3 rings (SSSR count). The Morgan fingerprint density at radius 2 is 2.26 bits per heavy atom. The van der Waals surface area contributed by atoms with Crippen LogP contribution in [-0.4, -0.2) is 35.4 Å². The van der Waals surface area contributed by atoms with Gasteiger partial charge in [0.05, 0.1) is 11.6 Å². The first-order chi connectivity index (χ1) is 12.7. The van der Waals surface area contributed by atoms with Crippen molar-refractivity contribution in [2.75, 3.05) is 6.54 Å². The van der Waals surface area contributed by atoms with Crippen LogP contribution in [0.4, 0.5) is 0 Å². The van der Waals surface area contributed by atoms with Gasteiger partial charge in [-0.2, -0.15) is 5.26 Å². The van der Waals surface area contributed by atoms with Crippen LogP contribution < -0.4 is 5.32 Å². The van der Waals surface area contributed by atoms with Gasteiger partial charge < -0.3 is 15.2 Å². The molecular weight excluding hydrogens is 340 g/mol. The van der Waals surface area contributed by atoms with Crippen molar-refractivity contribution in [2.24, 2.45) is 5.92 Å². The second-order valence-corrected chi connectivity index (χ2v) is 9.01. The van der Waals surface area contributed by atoms with Crippen molar-refractivity contribution in [1.29, 1.82) is 5.26 Å². The highest BCUT2D eigenvalue weighted by Crippen LogP contribution is 2.62. The zero-order valence-corrected chi connectivity index (χ0v) is 16.5. The molecular formula is C22H30N2O3. The fraction of sp³-hybridized carbons (Fsp3) is 0.636. The Morgan fingerprint density at radius 1 is 1.48 bits per heavy atom. The first-order valence-electron chi connectivity index (χ1n) is 9.88. The third kappa shape index (κ3) is 4.69. The number of aliphatic hydroxyl groups is 1. The molecule has 2 fully saturated rings. The van der Waals surface area contributed by atoms with Crippen molar-refractivity contribution >= 4 is 5.97 Å². The molecule has 0 amide bonds. The van der Waals surface area contributed by atoms with Crippen LogP contribution in [0.2, 0.25) is 0 Å². The smallest absolute Gasteiger partial charge is 0.335 e. The number of ether oxygens (including phenoxy) is 1. The molecule has 27 heavy (non-hydrogen) atoms. The van der Waals surface area contributed by atoms with Gasteiger partial charge in [-0.15, -0.1) is 0 Å². The van der Waals surface area contributed by atoms with Crippen LogP contribution in [0.3, 0.4) is 0 Å². The number of carbonyl (C=O) groups excluding carboxylic acids is 1. The maximum atomic E-state index is 11.8. The molecule has 2 aliphatic rings. The van der Waals surface area contributed by atoms with E-state index in [0.717, 1.165) is 24.8 Å². The molecule has 1 aromatic rings. The number of aliphatic hydroxyl groups excluding tert-OH is 1. The molecule has 2 aliphatic carbocycles. The maximum absolute atomic E-state index is 11.8. The van der Waals surface area contributed by atoms with E-state index in [0.29, 0.717) is 24.9 Å². The number of nitriles is 1. The molecule has 0 aliphatic heterocycles. The SMILES string of the molecule is CC(C)(C)OC(=O)C(O)CCNC1CCC2(c3cccc(C#N)c3)CC2C1. The number of nitrogens with zero attached hydrogens (tertiary/aromatic N) is 1. The lowest BCUT2D eigenvalue weighted by atomic mass is 9.80. The summed E-state index contributed by atoms with van der Waals surface area (Å²) in [5.74, 6) is 0.111. The Bertz CT molecular complexity index is 734. The van der Waals surface area contributed by atoms with E-state index in [-0.39, 0.29) is 5.41 Å². The topological polar surface area (TPSA) is 82.3 Å². The third-order valence-corrected chi connectivity index (χ3v) is 5.84. The average molecular weight is 370 g/mol. The number of hydrogen-bond acceptors (Lipinski definition) is 5. The van der Waals surface area contributed by atoms with Gasteiger partial charge in [-0.1, -0.05) is 12.1 Å². The number of fused-ring (bicyclic) bond motifs is 1. The molecule has 0 saturated heterocycles. The van der Waals surface area contributed by atoms with Crippen LogP contribution in [0.1, 0.15) is 64.0 Å². The minimum absolute atomic E-state index is 0.265. The summed E-state index contributed by atoms with van der Waals surface area (Å²) in [5.41, 5.74) is 1.74. The highest BCUT2D eigenvalue weighted by molar-refractivity contribution is 5.74. The summed E-state index contributed by atoms with van der Waals surface area (Å²) in [5, 5.41) is 22.6. The molecule has 2 N–H and O–H groups in total. The lowest BCUT2D eigenvalue weighted by Gasteiger charge is -2.30. The normalized spacial score (nSPS) is 28.0. The van der Waals surface area contributed by atoms with Crippen molar-refractivity contribution in [2.45, 2.75) is 76.0 Å². The summed E-state index contributed by atoms with van der Waals surface area (Å²) >= 11 is 0. The van der Waals surface area contributed by atoms with Gasteiger partial charge in [0.1, 0.15) is 5.60 Å². The van der Waals surface area contributed by atoms with E-state index in [2.05, 4.69) is 17.5 Å². The highest BCUT2D eigenvalue weighted by atomic mass is 16.6. The second-order valence-electron chi connectivity index (χ2n) is 9.01. The van der Waals surface area contributed by atoms with E-state index < -0.39 is 17.7 Å². The van der Waals surface area contributed by atoms with E-state index in [9.17, 15) is 9.90 Å². The fourth-order valence-electron chi connectivity index (χ4n) is 4.38. The van der Waals surface area contributed by atoms with Crippen LogP contribution in [0.15, 0.2) is 24.3 Å². The predicted molar refractivity (Wildman–Crippen MR) is 103 cm³/mol. The van der Waals surface area contributed by atoms with Gasteiger partial charge in [0.25, 0.3) is 0 Å². The summed E-state index contributed by atoms with van der Waals surface area (Å²) in [6.45, 7) is 6.00. The lowest BCUT2D eigenvalue weighted by Crippen LogP contribution is -2.38.